The summed E-state index contributed by atoms with van der Waals surface area (Å²) in [6.45, 7) is 9.60. The molecule has 0 unspecified atom stereocenters. The van der Waals surface area contributed by atoms with Crippen LogP contribution in [0.15, 0.2) is 6.07 Å². The number of nitrogens with zero attached hydrogens (tertiary/aromatic N) is 6. The molecular formula is C19H28N6O3. The Labute approximate surface area is 164 Å². The van der Waals surface area contributed by atoms with Gasteiger partial charge in [0.25, 0.3) is 5.78 Å². The van der Waals surface area contributed by atoms with Gasteiger partial charge in [-0.05, 0) is 33.2 Å². The van der Waals surface area contributed by atoms with E-state index >= 15 is 0 Å². The maximum absolute atomic E-state index is 12.1. The molecule has 0 aromatic carbocycles. The van der Waals surface area contributed by atoms with Crippen LogP contribution in [-0.2, 0) is 20.8 Å². The second-order valence-corrected chi connectivity index (χ2v) is 7.42. The maximum Gasteiger partial charge on any atom is 0.310 e. The number of carbonyl (C=O) groups is 1. The molecule has 2 aliphatic heterocycles. The lowest BCUT2D eigenvalue weighted by molar-refractivity contribution is -0.150. The molecule has 0 saturated carbocycles. The van der Waals surface area contributed by atoms with Gasteiger partial charge in [0.2, 0.25) is 0 Å². The quantitative estimate of drug-likeness (QED) is 0.703. The standard InChI is InChI=1S/C19H28N6O3/c1-3-28-18(26)15-5-4-6-23(12-15)13-16-21-19-20-14(2)11-17(25(19)22-16)24-7-9-27-10-8-24/h11,15H,3-10,12-13H2,1-2H3/t15-/m1/s1. The summed E-state index contributed by atoms with van der Waals surface area (Å²) in [5.41, 5.74) is 0.924. The number of anilines is 1. The normalized spacial score (nSPS) is 21.2. The molecule has 2 fully saturated rings. The summed E-state index contributed by atoms with van der Waals surface area (Å²) < 4.78 is 12.5. The van der Waals surface area contributed by atoms with Gasteiger partial charge in [-0.2, -0.15) is 9.50 Å². The van der Waals surface area contributed by atoms with Crippen molar-refractivity contribution in [2.45, 2.75) is 33.2 Å². The molecule has 0 spiro atoms. The Bertz CT molecular complexity index is 832. The van der Waals surface area contributed by atoms with Gasteiger partial charge in [0.1, 0.15) is 5.82 Å². The molecule has 4 rings (SSSR count). The molecule has 0 aliphatic carbocycles. The Morgan fingerprint density at radius 3 is 2.89 bits per heavy atom. The van der Waals surface area contributed by atoms with E-state index in [4.69, 9.17) is 14.6 Å². The predicted molar refractivity (Wildman–Crippen MR) is 103 cm³/mol. The Morgan fingerprint density at radius 1 is 1.29 bits per heavy atom. The van der Waals surface area contributed by atoms with Gasteiger partial charge in [0.05, 0.1) is 32.3 Å². The third-order valence-corrected chi connectivity index (χ3v) is 5.29. The van der Waals surface area contributed by atoms with E-state index in [1.165, 1.54) is 0 Å². The highest BCUT2D eigenvalue weighted by Gasteiger charge is 2.28. The lowest BCUT2D eigenvalue weighted by Gasteiger charge is -2.30. The number of esters is 1. The Morgan fingerprint density at radius 2 is 2.11 bits per heavy atom. The van der Waals surface area contributed by atoms with Crippen molar-refractivity contribution in [2.24, 2.45) is 5.92 Å². The first-order valence-corrected chi connectivity index (χ1v) is 10.1. The average Bonchev–Trinajstić information content (AvgIpc) is 3.10. The number of carbonyl (C=O) groups excluding carboxylic acids is 1. The first-order valence-electron chi connectivity index (χ1n) is 10.1. The SMILES string of the molecule is CCOC(=O)[C@@H]1CCCN(Cc2nc3nc(C)cc(N4CCOCC4)n3n2)C1. The fourth-order valence-electron chi connectivity index (χ4n) is 3.95. The van der Waals surface area contributed by atoms with Crippen molar-refractivity contribution in [2.75, 3.05) is 50.9 Å². The minimum atomic E-state index is -0.0953. The van der Waals surface area contributed by atoms with Crippen LogP contribution in [0.25, 0.3) is 5.78 Å². The molecule has 152 valence electrons. The van der Waals surface area contributed by atoms with Gasteiger partial charge in [-0.1, -0.05) is 0 Å². The van der Waals surface area contributed by atoms with Crippen LogP contribution in [0.5, 0.6) is 0 Å². The van der Waals surface area contributed by atoms with E-state index in [1.807, 2.05) is 18.4 Å². The zero-order valence-corrected chi connectivity index (χ0v) is 16.6. The van der Waals surface area contributed by atoms with E-state index in [0.717, 1.165) is 49.8 Å². The van der Waals surface area contributed by atoms with Crippen molar-refractivity contribution in [1.29, 1.82) is 0 Å². The summed E-state index contributed by atoms with van der Waals surface area (Å²) in [5.74, 6) is 2.21. The summed E-state index contributed by atoms with van der Waals surface area (Å²) in [5, 5.41) is 4.73. The summed E-state index contributed by atoms with van der Waals surface area (Å²) >= 11 is 0. The first kappa shape index (κ1) is 19.1. The summed E-state index contributed by atoms with van der Waals surface area (Å²) in [6.07, 6.45) is 1.86. The fraction of sp³-hybridized carbons (Fsp3) is 0.684. The van der Waals surface area contributed by atoms with Crippen LogP contribution in [0.1, 0.15) is 31.3 Å². The summed E-state index contributed by atoms with van der Waals surface area (Å²) in [6, 6.07) is 2.05. The number of ether oxygens (including phenoxy) is 2. The molecular weight excluding hydrogens is 360 g/mol. The number of hydrogen-bond donors (Lipinski definition) is 0. The van der Waals surface area contributed by atoms with Gasteiger partial charge < -0.3 is 14.4 Å². The van der Waals surface area contributed by atoms with E-state index < -0.39 is 0 Å². The zero-order chi connectivity index (χ0) is 19.5. The fourth-order valence-corrected chi connectivity index (χ4v) is 3.95. The molecule has 0 bridgehead atoms. The van der Waals surface area contributed by atoms with Gasteiger partial charge in [-0.15, -0.1) is 5.10 Å². The third kappa shape index (κ3) is 4.10. The van der Waals surface area contributed by atoms with Crippen LogP contribution >= 0.6 is 0 Å². The molecule has 9 heteroatoms. The van der Waals surface area contributed by atoms with Crippen LogP contribution in [0.4, 0.5) is 5.82 Å². The minimum Gasteiger partial charge on any atom is -0.466 e. The van der Waals surface area contributed by atoms with Crippen LogP contribution < -0.4 is 4.90 Å². The summed E-state index contributed by atoms with van der Waals surface area (Å²) in [4.78, 5) is 25.8. The first-order chi connectivity index (χ1) is 13.6. The van der Waals surface area contributed by atoms with Gasteiger partial charge in [0, 0.05) is 31.4 Å². The number of fused-ring (bicyclic) bond motifs is 1. The minimum absolute atomic E-state index is 0.0602. The van der Waals surface area contributed by atoms with E-state index in [0.29, 0.717) is 38.7 Å². The Kier molecular flexibility index (Phi) is 5.72. The second kappa shape index (κ2) is 8.40. The molecule has 2 aromatic heterocycles. The van der Waals surface area contributed by atoms with Crippen LogP contribution in [0.3, 0.4) is 0 Å². The number of aryl methyl sites for hydroxylation is 1. The molecule has 2 aliphatic rings. The molecule has 2 saturated heterocycles. The average molecular weight is 388 g/mol. The van der Waals surface area contributed by atoms with Crippen molar-refractivity contribution in [3.63, 3.8) is 0 Å². The smallest absolute Gasteiger partial charge is 0.310 e. The highest BCUT2D eigenvalue weighted by Crippen LogP contribution is 2.21. The van der Waals surface area contributed by atoms with E-state index in [9.17, 15) is 4.79 Å². The van der Waals surface area contributed by atoms with E-state index in [-0.39, 0.29) is 11.9 Å². The predicted octanol–water partition coefficient (Wildman–Crippen LogP) is 1.04. The van der Waals surface area contributed by atoms with Crippen molar-refractivity contribution in [3.05, 3.63) is 17.6 Å². The van der Waals surface area contributed by atoms with Crippen molar-refractivity contribution in [3.8, 4) is 0 Å². The highest BCUT2D eigenvalue weighted by atomic mass is 16.5. The molecule has 0 N–H and O–H groups in total. The number of hydrogen-bond acceptors (Lipinski definition) is 8. The van der Waals surface area contributed by atoms with Gasteiger partial charge in [-0.3, -0.25) is 9.69 Å². The number of morpholine rings is 1. The second-order valence-electron chi connectivity index (χ2n) is 7.42. The summed E-state index contributed by atoms with van der Waals surface area (Å²) in [7, 11) is 0. The van der Waals surface area contributed by atoms with Gasteiger partial charge in [0.15, 0.2) is 5.82 Å². The number of likely N-dealkylation sites (tertiary alicyclic amines) is 1. The Balaban J connectivity index is 1.52. The largest absolute Gasteiger partial charge is 0.466 e. The Hall–Kier alpha value is -2.26. The molecule has 2 aromatic rings. The molecule has 0 radical (unpaired) electrons. The topological polar surface area (TPSA) is 85.1 Å². The maximum atomic E-state index is 12.1. The monoisotopic (exact) mass is 388 g/mol. The lowest BCUT2D eigenvalue weighted by atomic mass is 9.98. The molecule has 1 atom stereocenters. The van der Waals surface area contributed by atoms with Crippen LogP contribution in [0, 0.1) is 12.8 Å². The third-order valence-electron chi connectivity index (χ3n) is 5.29. The highest BCUT2D eigenvalue weighted by molar-refractivity contribution is 5.72. The van der Waals surface area contributed by atoms with E-state index in [2.05, 4.69) is 25.8 Å². The van der Waals surface area contributed by atoms with Crippen LogP contribution in [0.2, 0.25) is 0 Å². The van der Waals surface area contributed by atoms with Crippen molar-refractivity contribution >= 4 is 17.6 Å². The zero-order valence-electron chi connectivity index (χ0n) is 16.6. The molecule has 28 heavy (non-hydrogen) atoms. The van der Waals surface area contributed by atoms with E-state index in [1.54, 1.807) is 0 Å². The van der Waals surface area contributed by atoms with Crippen molar-refractivity contribution < 1.29 is 14.3 Å². The molecule has 4 heterocycles. The number of aromatic nitrogens is 4. The lowest BCUT2D eigenvalue weighted by Crippen LogP contribution is -2.39. The van der Waals surface area contributed by atoms with Gasteiger partial charge >= 0.3 is 5.97 Å². The van der Waals surface area contributed by atoms with Gasteiger partial charge in [-0.25, -0.2) is 4.98 Å². The number of piperidine rings is 1. The van der Waals surface area contributed by atoms with Crippen LogP contribution in [-0.4, -0.2) is 76.5 Å². The number of rotatable bonds is 5. The molecule has 0 amide bonds. The van der Waals surface area contributed by atoms with Crippen molar-refractivity contribution in [1.82, 2.24) is 24.5 Å². The molecule has 9 nitrogen and oxygen atoms in total.